The van der Waals surface area contributed by atoms with Gasteiger partial charge < -0.3 is 15.0 Å². The number of amides is 2. The summed E-state index contributed by atoms with van der Waals surface area (Å²) in [5.41, 5.74) is 0.894. The summed E-state index contributed by atoms with van der Waals surface area (Å²) in [6, 6.07) is 7.23. The Morgan fingerprint density at radius 2 is 2.12 bits per heavy atom. The number of nitrogens with zero attached hydrogens (tertiary/aromatic N) is 3. The van der Waals surface area contributed by atoms with Gasteiger partial charge in [-0.25, -0.2) is 9.78 Å². The maximum Gasteiger partial charge on any atom is 0.407 e. The smallest absolute Gasteiger partial charge is 0.407 e. The lowest BCUT2D eigenvalue weighted by Crippen LogP contribution is -2.52. The van der Waals surface area contributed by atoms with Crippen LogP contribution < -0.4 is 5.32 Å². The number of likely N-dealkylation sites (tertiary alicyclic amines) is 1. The highest BCUT2D eigenvalue weighted by atomic mass is 16.6. The maximum absolute atomic E-state index is 12.7. The Hall–Kier alpha value is -2.90. The minimum atomic E-state index is -0.579. The van der Waals surface area contributed by atoms with Gasteiger partial charge in [0.25, 0.3) is 5.91 Å². The lowest BCUT2D eigenvalue weighted by Gasteiger charge is -2.38. The van der Waals surface area contributed by atoms with Crippen LogP contribution in [-0.2, 0) is 4.74 Å². The fourth-order valence-electron chi connectivity index (χ4n) is 3.30. The number of benzene rings is 1. The van der Waals surface area contributed by atoms with Gasteiger partial charge in [-0.2, -0.15) is 5.10 Å². The van der Waals surface area contributed by atoms with Crippen LogP contribution in [0.2, 0.25) is 0 Å². The normalized spacial score (nSPS) is 23.2. The van der Waals surface area contributed by atoms with Crippen molar-refractivity contribution in [1.29, 1.82) is 0 Å². The molecule has 124 valence electrons. The molecule has 8 heteroatoms. The lowest BCUT2D eigenvalue weighted by atomic mass is 9.92. The fourth-order valence-corrected chi connectivity index (χ4v) is 3.30. The molecule has 8 nitrogen and oxygen atoms in total. The molecule has 1 aromatic carbocycles. The van der Waals surface area contributed by atoms with Crippen molar-refractivity contribution in [3.05, 3.63) is 36.2 Å². The molecule has 3 heterocycles. The summed E-state index contributed by atoms with van der Waals surface area (Å²) in [4.78, 5) is 30.0. The van der Waals surface area contributed by atoms with E-state index in [-0.39, 0.29) is 5.91 Å². The van der Waals surface area contributed by atoms with Crippen LogP contribution in [0.1, 0.15) is 23.2 Å². The first-order valence-corrected chi connectivity index (χ1v) is 7.87. The third-order valence-corrected chi connectivity index (χ3v) is 4.51. The molecule has 2 aromatic rings. The van der Waals surface area contributed by atoms with Crippen LogP contribution in [0.5, 0.6) is 0 Å². The minimum absolute atomic E-state index is 0.0545. The number of H-pyrrole nitrogens is 1. The van der Waals surface area contributed by atoms with Gasteiger partial charge in [-0.1, -0.05) is 12.1 Å². The molecular weight excluding hydrogens is 310 g/mol. The number of piperidine rings is 1. The Morgan fingerprint density at radius 1 is 1.29 bits per heavy atom. The van der Waals surface area contributed by atoms with Crippen molar-refractivity contribution in [3.8, 4) is 11.4 Å². The number of carbonyl (C=O) groups is 2. The molecule has 2 amide bonds. The summed E-state index contributed by atoms with van der Waals surface area (Å²) in [6.07, 6.45) is 2.63. The van der Waals surface area contributed by atoms with E-state index in [2.05, 4.69) is 20.5 Å². The SMILES string of the molecule is O=C1NC[C@@]2(CCCN(C(=O)c3ccc(-c4ncn[nH]4)cc3)C2)O1. The zero-order chi connectivity index (χ0) is 16.6. The number of aromatic nitrogens is 3. The molecule has 0 bridgehead atoms. The second-order valence-corrected chi connectivity index (χ2v) is 6.17. The van der Waals surface area contributed by atoms with Gasteiger partial charge in [0.2, 0.25) is 0 Å². The molecule has 1 aromatic heterocycles. The Balaban J connectivity index is 1.50. The van der Waals surface area contributed by atoms with Crippen molar-refractivity contribution in [3.63, 3.8) is 0 Å². The maximum atomic E-state index is 12.7. The topological polar surface area (TPSA) is 100 Å². The van der Waals surface area contributed by atoms with Gasteiger partial charge in [0, 0.05) is 17.7 Å². The fraction of sp³-hybridized carbons (Fsp3) is 0.375. The van der Waals surface area contributed by atoms with E-state index < -0.39 is 11.7 Å². The zero-order valence-electron chi connectivity index (χ0n) is 13.0. The summed E-state index contributed by atoms with van der Waals surface area (Å²) in [5.74, 6) is 0.607. The Labute approximate surface area is 138 Å². The third kappa shape index (κ3) is 2.60. The van der Waals surface area contributed by atoms with E-state index >= 15 is 0 Å². The van der Waals surface area contributed by atoms with Gasteiger partial charge in [0.1, 0.15) is 11.9 Å². The second-order valence-electron chi connectivity index (χ2n) is 6.17. The largest absolute Gasteiger partial charge is 0.439 e. The molecule has 0 saturated carbocycles. The zero-order valence-corrected chi connectivity index (χ0v) is 13.0. The average Bonchev–Trinajstić information content (AvgIpc) is 3.25. The highest BCUT2D eigenvalue weighted by molar-refractivity contribution is 5.94. The summed E-state index contributed by atoms with van der Waals surface area (Å²) < 4.78 is 5.41. The molecule has 0 aliphatic carbocycles. The molecule has 1 spiro atoms. The highest BCUT2D eigenvalue weighted by Gasteiger charge is 2.44. The summed E-state index contributed by atoms with van der Waals surface area (Å²) in [7, 11) is 0. The van der Waals surface area contributed by atoms with E-state index in [9.17, 15) is 9.59 Å². The van der Waals surface area contributed by atoms with E-state index in [1.54, 1.807) is 17.0 Å². The molecule has 2 aliphatic heterocycles. The first-order valence-electron chi connectivity index (χ1n) is 7.87. The van der Waals surface area contributed by atoms with Crippen molar-refractivity contribution in [2.45, 2.75) is 18.4 Å². The molecule has 2 saturated heterocycles. The molecule has 24 heavy (non-hydrogen) atoms. The Morgan fingerprint density at radius 3 is 2.79 bits per heavy atom. The first-order chi connectivity index (χ1) is 11.7. The van der Waals surface area contributed by atoms with Crippen molar-refractivity contribution in [2.24, 2.45) is 0 Å². The molecule has 0 unspecified atom stereocenters. The number of rotatable bonds is 2. The van der Waals surface area contributed by atoms with E-state index in [1.807, 2.05) is 12.1 Å². The first kappa shape index (κ1) is 14.7. The summed E-state index contributed by atoms with van der Waals surface area (Å²) >= 11 is 0. The van der Waals surface area contributed by atoms with Gasteiger partial charge in [0.15, 0.2) is 5.82 Å². The average molecular weight is 327 g/mol. The number of ether oxygens (including phenoxy) is 1. The quantitative estimate of drug-likeness (QED) is 0.863. The summed E-state index contributed by atoms with van der Waals surface area (Å²) in [6.45, 7) is 1.55. The lowest BCUT2D eigenvalue weighted by molar-refractivity contribution is -0.00503. The van der Waals surface area contributed by atoms with Crippen LogP contribution >= 0.6 is 0 Å². The number of aromatic amines is 1. The van der Waals surface area contributed by atoms with E-state index in [4.69, 9.17) is 4.74 Å². The number of alkyl carbamates (subject to hydrolysis) is 1. The molecule has 1 atom stereocenters. The molecule has 2 aliphatic rings. The minimum Gasteiger partial charge on any atom is -0.439 e. The Bertz CT molecular complexity index is 759. The van der Waals surface area contributed by atoms with Crippen molar-refractivity contribution >= 4 is 12.0 Å². The molecular formula is C16H17N5O3. The van der Waals surface area contributed by atoms with E-state index in [1.165, 1.54) is 6.33 Å². The van der Waals surface area contributed by atoms with Gasteiger partial charge in [0.05, 0.1) is 13.1 Å². The van der Waals surface area contributed by atoms with Crippen LogP contribution in [-0.4, -0.2) is 57.3 Å². The van der Waals surface area contributed by atoms with Crippen LogP contribution in [0.4, 0.5) is 4.79 Å². The molecule has 2 fully saturated rings. The second kappa shape index (κ2) is 5.63. The van der Waals surface area contributed by atoms with Crippen LogP contribution in [0.3, 0.4) is 0 Å². The van der Waals surface area contributed by atoms with E-state index in [0.29, 0.717) is 31.0 Å². The molecule has 2 N–H and O–H groups in total. The van der Waals surface area contributed by atoms with Crippen molar-refractivity contribution < 1.29 is 14.3 Å². The monoisotopic (exact) mass is 327 g/mol. The van der Waals surface area contributed by atoms with Crippen molar-refractivity contribution in [1.82, 2.24) is 25.4 Å². The third-order valence-electron chi connectivity index (χ3n) is 4.51. The number of carbonyl (C=O) groups excluding carboxylic acids is 2. The predicted octanol–water partition coefficient (Wildman–Crippen LogP) is 1.19. The molecule has 0 radical (unpaired) electrons. The van der Waals surface area contributed by atoms with Gasteiger partial charge in [-0.05, 0) is 25.0 Å². The summed E-state index contributed by atoms with van der Waals surface area (Å²) in [5, 5.41) is 9.30. The van der Waals surface area contributed by atoms with Crippen LogP contribution in [0, 0.1) is 0 Å². The van der Waals surface area contributed by atoms with Gasteiger partial charge in [-0.3, -0.25) is 9.89 Å². The number of hydrogen-bond donors (Lipinski definition) is 2. The van der Waals surface area contributed by atoms with E-state index in [0.717, 1.165) is 18.4 Å². The highest BCUT2D eigenvalue weighted by Crippen LogP contribution is 2.29. The van der Waals surface area contributed by atoms with Crippen LogP contribution in [0.25, 0.3) is 11.4 Å². The molecule has 4 rings (SSSR count). The number of hydrogen-bond acceptors (Lipinski definition) is 5. The standard InChI is InChI=1S/C16H17N5O3/c22-14(12-4-2-11(3-5-12)13-18-10-19-20-13)21-7-1-6-16(9-21)8-17-15(23)24-16/h2-5,10H,1,6-9H2,(H,17,23)(H,18,19,20)/t16-/m1/s1. The van der Waals surface area contributed by atoms with Crippen molar-refractivity contribution in [2.75, 3.05) is 19.6 Å². The van der Waals surface area contributed by atoms with Crippen LogP contribution in [0.15, 0.2) is 30.6 Å². The van der Waals surface area contributed by atoms with Gasteiger partial charge in [-0.15, -0.1) is 0 Å². The van der Waals surface area contributed by atoms with Gasteiger partial charge >= 0.3 is 6.09 Å². The Kier molecular flexibility index (Phi) is 3.44. The number of nitrogens with one attached hydrogen (secondary N) is 2. The predicted molar refractivity (Wildman–Crippen MR) is 84.2 cm³/mol.